The molecule has 1 fully saturated rings. The fourth-order valence-electron chi connectivity index (χ4n) is 2.33. The first kappa shape index (κ1) is 13.4. The van der Waals surface area contributed by atoms with Gasteiger partial charge in [-0.3, -0.25) is 0 Å². The van der Waals surface area contributed by atoms with E-state index in [9.17, 15) is 21.6 Å². The maximum atomic E-state index is 12.4. The molecule has 0 spiro atoms. The summed E-state index contributed by atoms with van der Waals surface area (Å²) in [6.07, 6.45) is 3.91. The Kier molecular flexibility index (Phi) is 3.40. The predicted octanol–water partition coefficient (Wildman–Crippen LogP) is 3.64. The molecule has 100 valence electrons. The minimum absolute atomic E-state index is 0.188. The first-order chi connectivity index (χ1) is 8.32. The van der Waals surface area contributed by atoms with Gasteiger partial charge in [-0.1, -0.05) is 25.0 Å². The molecule has 0 amide bonds. The number of hydrogen-bond donors (Lipinski definition) is 0. The zero-order valence-electron chi connectivity index (χ0n) is 9.57. The lowest BCUT2D eigenvalue weighted by atomic mass is 9.98. The topological polar surface area (TPSA) is 34.1 Å². The van der Waals surface area contributed by atoms with Crippen molar-refractivity contribution < 1.29 is 21.6 Å². The van der Waals surface area contributed by atoms with Gasteiger partial charge in [0.25, 0.3) is 9.84 Å². The third kappa shape index (κ3) is 2.39. The molecule has 2 nitrogen and oxygen atoms in total. The van der Waals surface area contributed by atoms with Crippen molar-refractivity contribution in [1.29, 1.82) is 0 Å². The molecule has 0 aliphatic heterocycles. The first-order valence-electron chi connectivity index (χ1n) is 5.74. The van der Waals surface area contributed by atoms with Crippen molar-refractivity contribution in [3.8, 4) is 0 Å². The van der Waals surface area contributed by atoms with E-state index in [4.69, 9.17) is 0 Å². The van der Waals surface area contributed by atoms with Crippen LogP contribution in [0.5, 0.6) is 0 Å². The van der Waals surface area contributed by atoms with Crippen molar-refractivity contribution in [1.82, 2.24) is 0 Å². The van der Waals surface area contributed by atoms with Crippen LogP contribution in [0, 0.1) is 0 Å². The van der Waals surface area contributed by atoms with E-state index in [-0.39, 0.29) is 5.92 Å². The van der Waals surface area contributed by atoms with E-state index in [1.165, 1.54) is 12.1 Å². The third-order valence-corrected chi connectivity index (χ3v) is 4.78. The van der Waals surface area contributed by atoms with Crippen molar-refractivity contribution in [2.75, 3.05) is 0 Å². The van der Waals surface area contributed by atoms with Gasteiger partial charge < -0.3 is 0 Å². The van der Waals surface area contributed by atoms with E-state index in [1.807, 2.05) is 0 Å². The Hall–Kier alpha value is -1.04. The fourth-order valence-corrected chi connectivity index (χ4v) is 3.14. The van der Waals surface area contributed by atoms with Crippen LogP contribution in [0.25, 0.3) is 0 Å². The Labute approximate surface area is 104 Å². The van der Waals surface area contributed by atoms with Crippen LogP contribution >= 0.6 is 0 Å². The van der Waals surface area contributed by atoms with Crippen LogP contribution in [0.15, 0.2) is 29.2 Å². The van der Waals surface area contributed by atoms with Crippen molar-refractivity contribution >= 4 is 9.84 Å². The molecule has 18 heavy (non-hydrogen) atoms. The molecule has 1 saturated carbocycles. The smallest absolute Gasteiger partial charge is 0.214 e. The van der Waals surface area contributed by atoms with E-state index < -0.39 is 20.2 Å². The second-order valence-corrected chi connectivity index (χ2v) is 6.44. The van der Waals surface area contributed by atoms with E-state index in [0.29, 0.717) is 5.56 Å². The lowest BCUT2D eigenvalue weighted by Gasteiger charge is -2.12. The number of sulfone groups is 1. The maximum Gasteiger partial charge on any atom is 0.501 e. The van der Waals surface area contributed by atoms with Crippen LogP contribution in [-0.2, 0) is 9.84 Å². The monoisotopic (exact) mass is 278 g/mol. The molecule has 1 aliphatic rings. The standard InChI is InChI=1S/C12H13F3O2S/c13-12(14,15)18(16,17)11-7-3-6-10(8-11)9-4-1-2-5-9/h3,6-9H,1-2,4-5H2. The highest BCUT2D eigenvalue weighted by Crippen LogP contribution is 2.36. The van der Waals surface area contributed by atoms with Crippen molar-refractivity contribution in [3.05, 3.63) is 29.8 Å². The molecular formula is C12H13F3O2S. The molecule has 1 aromatic carbocycles. The Bertz CT molecular complexity index is 528. The van der Waals surface area contributed by atoms with E-state index >= 15 is 0 Å². The molecule has 0 bridgehead atoms. The Balaban J connectivity index is 2.39. The van der Waals surface area contributed by atoms with Gasteiger partial charge in [-0.05, 0) is 36.5 Å². The Morgan fingerprint density at radius 2 is 1.72 bits per heavy atom. The van der Waals surface area contributed by atoms with Gasteiger partial charge in [0.15, 0.2) is 0 Å². The number of hydrogen-bond acceptors (Lipinski definition) is 2. The highest BCUT2D eigenvalue weighted by Gasteiger charge is 2.46. The molecule has 0 saturated heterocycles. The van der Waals surface area contributed by atoms with Gasteiger partial charge in [0.05, 0.1) is 4.90 Å². The van der Waals surface area contributed by atoms with Crippen LogP contribution in [0.2, 0.25) is 0 Å². The zero-order valence-corrected chi connectivity index (χ0v) is 10.4. The summed E-state index contributed by atoms with van der Waals surface area (Å²) < 4.78 is 59.9. The summed E-state index contributed by atoms with van der Waals surface area (Å²) in [6, 6.07) is 5.25. The highest BCUT2D eigenvalue weighted by molar-refractivity contribution is 7.92. The largest absolute Gasteiger partial charge is 0.501 e. The van der Waals surface area contributed by atoms with Gasteiger partial charge in [-0.2, -0.15) is 13.2 Å². The SMILES string of the molecule is O=S(=O)(c1cccc(C2CCCC2)c1)C(F)(F)F. The van der Waals surface area contributed by atoms with Crippen LogP contribution in [-0.4, -0.2) is 13.9 Å². The molecular weight excluding hydrogens is 265 g/mol. The van der Waals surface area contributed by atoms with Crippen molar-refractivity contribution in [2.24, 2.45) is 0 Å². The molecule has 0 unspecified atom stereocenters. The first-order valence-corrected chi connectivity index (χ1v) is 7.22. The molecule has 1 aromatic rings. The third-order valence-electron chi connectivity index (χ3n) is 3.30. The minimum Gasteiger partial charge on any atom is -0.214 e. The molecule has 0 heterocycles. The van der Waals surface area contributed by atoms with Gasteiger partial charge in [0.2, 0.25) is 0 Å². The van der Waals surface area contributed by atoms with Crippen molar-refractivity contribution in [2.45, 2.75) is 42.0 Å². The van der Waals surface area contributed by atoms with Crippen LogP contribution in [0.1, 0.15) is 37.2 Å². The van der Waals surface area contributed by atoms with E-state index in [2.05, 4.69) is 0 Å². The molecule has 0 atom stereocenters. The van der Waals surface area contributed by atoms with E-state index in [0.717, 1.165) is 31.7 Å². The summed E-state index contributed by atoms with van der Waals surface area (Å²) in [4.78, 5) is -0.653. The lowest BCUT2D eigenvalue weighted by Crippen LogP contribution is -2.23. The molecule has 2 rings (SSSR count). The van der Waals surface area contributed by atoms with Crippen LogP contribution in [0.3, 0.4) is 0 Å². The average Bonchev–Trinajstić information content (AvgIpc) is 2.81. The number of rotatable bonds is 2. The molecule has 6 heteroatoms. The fraction of sp³-hybridized carbons (Fsp3) is 0.500. The summed E-state index contributed by atoms with van der Waals surface area (Å²) in [5.74, 6) is 0.188. The maximum absolute atomic E-state index is 12.4. The van der Waals surface area contributed by atoms with Gasteiger partial charge in [-0.15, -0.1) is 0 Å². The summed E-state index contributed by atoms with van der Waals surface area (Å²) >= 11 is 0. The van der Waals surface area contributed by atoms with Crippen molar-refractivity contribution in [3.63, 3.8) is 0 Å². The van der Waals surface area contributed by atoms with Crippen LogP contribution < -0.4 is 0 Å². The zero-order chi connectivity index (χ0) is 13.4. The molecule has 0 aromatic heterocycles. The predicted molar refractivity (Wildman–Crippen MR) is 60.9 cm³/mol. The average molecular weight is 278 g/mol. The summed E-state index contributed by atoms with van der Waals surface area (Å²) in [5, 5.41) is 0. The highest BCUT2D eigenvalue weighted by atomic mass is 32.2. The second kappa shape index (κ2) is 4.57. The van der Waals surface area contributed by atoms with Gasteiger partial charge >= 0.3 is 5.51 Å². The minimum atomic E-state index is -5.23. The Morgan fingerprint density at radius 1 is 1.11 bits per heavy atom. The molecule has 1 aliphatic carbocycles. The summed E-state index contributed by atoms with van der Waals surface area (Å²) in [5.41, 5.74) is -4.54. The summed E-state index contributed by atoms with van der Waals surface area (Å²) in [7, 11) is -5.23. The normalized spacial score (nSPS) is 18.2. The van der Waals surface area contributed by atoms with Gasteiger partial charge in [0.1, 0.15) is 0 Å². The lowest BCUT2D eigenvalue weighted by molar-refractivity contribution is -0.0436. The molecule has 0 radical (unpaired) electrons. The quantitative estimate of drug-likeness (QED) is 0.827. The Morgan fingerprint density at radius 3 is 2.28 bits per heavy atom. The van der Waals surface area contributed by atoms with E-state index in [1.54, 1.807) is 6.07 Å². The van der Waals surface area contributed by atoms with Crippen LogP contribution in [0.4, 0.5) is 13.2 Å². The molecule has 0 N–H and O–H groups in total. The van der Waals surface area contributed by atoms with Gasteiger partial charge in [-0.25, -0.2) is 8.42 Å². The number of benzene rings is 1. The number of halogens is 3. The van der Waals surface area contributed by atoms with Gasteiger partial charge in [0, 0.05) is 0 Å². The number of alkyl halides is 3. The summed E-state index contributed by atoms with van der Waals surface area (Å²) in [6.45, 7) is 0. The second-order valence-electron chi connectivity index (χ2n) is 4.50.